The fourth-order valence-electron chi connectivity index (χ4n) is 1.89. The van der Waals surface area contributed by atoms with E-state index in [1.54, 1.807) is 24.3 Å². The molecule has 4 heteroatoms. The first-order valence-corrected chi connectivity index (χ1v) is 5.72. The molecule has 2 rings (SSSR count). The highest BCUT2D eigenvalue weighted by atomic mass is 16.5. The SMILES string of the molecule is CC1=C(C(=O)Oc2ccccc2)C=CC(N)(N)C1. The molecule has 0 saturated carbocycles. The second-order valence-corrected chi connectivity index (χ2v) is 4.52. The monoisotopic (exact) mass is 244 g/mol. The molecule has 0 heterocycles. The fourth-order valence-corrected chi connectivity index (χ4v) is 1.89. The van der Waals surface area contributed by atoms with Crippen LogP contribution in [0.4, 0.5) is 0 Å². The van der Waals surface area contributed by atoms with Crippen LogP contribution in [0, 0.1) is 0 Å². The third kappa shape index (κ3) is 2.85. The highest BCUT2D eigenvalue weighted by Crippen LogP contribution is 2.23. The summed E-state index contributed by atoms with van der Waals surface area (Å²) in [5.41, 5.74) is 12.1. The van der Waals surface area contributed by atoms with E-state index in [1.807, 2.05) is 25.1 Å². The van der Waals surface area contributed by atoms with Crippen molar-refractivity contribution in [3.63, 3.8) is 0 Å². The summed E-state index contributed by atoms with van der Waals surface area (Å²) in [7, 11) is 0. The molecule has 1 aromatic rings. The van der Waals surface area contributed by atoms with Crippen LogP contribution < -0.4 is 16.2 Å². The Hall–Kier alpha value is -1.91. The number of para-hydroxylation sites is 1. The maximum atomic E-state index is 12.0. The predicted octanol–water partition coefficient (Wildman–Crippen LogP) is 1.48. The van der Waals surface area contributed by atoms with Gasteiger partial charge in [0.25, 0.3) is 0 Å². The molecule has 0 radical (unpaired) electrons. The van der Waals surface area contributed by atoms with E-state index in [1.165, 1.54) is 0 Å². The second-order valence-electron chi connectivity index (χ2n) is 4.52. The zero-order chi connectivity index (χ0) is 13.2. The number of carbonyl (C=O) groups excluding carboxylic acids is 1. The number of esters is 1. The number of benzene rings is 1. The molecule has 1 aromatic carbocycles. The fraction of sp³-hybridized carbons (Fsp3) is 0.214. The number of hydrogen-bond donors (Lipinski definition) is 2. The molecule has 0 saturated heterocycles. The number of hydrogen-bond acceptors (Lipinski definition) is 4. The van der Waals surface area contributed by atoms with Crippen LogP contribution in [-0.4, -0.2) is 11.6 Å². The zero-order valence-corrected chi connectivity index (χ0v) is 10.2. The van der Waals surface area contributed by atoms with Gasteiger partial charge in [-0.3, -0.25) is 0 Å². The molecule has 0 spiro atoms. The Morgan fingerprint density at radius 1 is 1.28 bits per heavy atom. The van der Waals surface area contributed by atoms with E-state index in [2.05, 4.69) is 0 Å². The molecule has 4 N–H and O–H groups in total. The van der Waals surface area contributed by atoms with Gasteiger partial charge in [0.2, 0.25) is 0 Å². The van der Waals surface area contributed by atoms with Gasteiger partial charge < -0.3 is 16.2 Å². The second kappa shape index (κ2) is 4.76. The van der Waals surface area contributed by atoms with Crippen LogP contribution in [0.2, 0.25) is 0 Å². The van der Waals surface area contributed by atoms with Crippen LogP contribution in [0.25, 0.3) is 0 Å². The van der Waals surface area contributed by atoms with Gasteiger partial charge in [-0.25, -0.2) is 4.79 Å². The minimum Gasteiger partial charge on any atom is -0.423 e. The highest BCUT2D eigenvalue weighted by molar-refractivity contribution is 5.94. The van der Waals surface area contributed by atoms with E-state index in [0.717, 1.165) is 5.57 Å². The molecule has 0 unspecified atom stereocenters. The lowest BCUT2D eigenvalue weighted by atomic mass is 9.92. The van der Waals surface area contributed by atoms with Crippen molar-refractivity contribution in [2.45, 2.75) is 19.0 Å². The Morgan fingerprint density at radius 3 is 2.56 bits per heavy atom. The molecule has 0 atom stereocenters. The first-order chi connectivity index (χ1) is 8.48. The summed E-state index contributed by atoms with van der Waals surface area (Å²) in [6, 6.07) is 8.95. The molecule has 0 aliphatic heterocycles. The van der Waals surface area contributed by atoms with Crippen molar-refractivity contribution in [3.05, 3.63) is 53.6 Å². The zero-order valence-electron chi connectivity index (χ0n) is 10.2. The third-order valence-electron chi connectivity index (χ3n) is 2.77. The van der Waals surface area contributed by atoms with E-state index >= 15 is 0 Å². The van der Waals surface area contributed by atoms with E-state index in [-0.39, 0.29) is 5.97 Å². The quantitative estimate of drug-likeness (QED) is 0.469. The highest BCUT2D eigenvalue weighted by Gasteiger charge is 2.24. The number of rotatable bonds is 2. The van der Waals surface area contributed by atoms with Crippen LogP contribution in [-0.2, 0) is 4.79 Å². The molecule has 0 fully saturated rings. The average Bonchev–Trinajstić information content (AvgIpc) is 2.28. The van der Waals surface area contributed by atoms with Gasteiger partial charge in [0, 0.05) is 6.42 Å². The van der Waals surface area contributed by atoms with Gasteiger partial charge >= 0.3 is 5.97 Å². The van der Waals surface area contributed by atoms with Crippen LogP contribution in [0.5, 0.6) is 5.75 Å². The van der Waals surface area contributed by atoms with Crippen molar-refractivity contribution in [1.82, 2.24) is 0 Å². The Kier molecular flexibility index (Phi) is 3.32. The topological polar surface area (TPSA) is 78.3 Å². The van der Waals surface area contributed by atoms with Crippen molar-refractivity contribution in [3.8, 4) is 5.75 Å². The molecule has 0 aromatic heterocycles. The van der Waals surface area contributed by atoms with Gasteiger partial charge in [0.1, 0.15) is 5.75 Å². The number of nitrogens with two attached hydrogens (primary N) is 2. The molecule has 94 valence electrons. The molecule has 1 aliphatic rings. The van der Waals surface area contributed by atoms with Gasteiger partial charge in [0.05, 0.1) is 11.2 Å². The largest absolute Gasteiger partial charge is 0.423 e. The van der Waals surface area contributed by atoms with Crippen molar-refractivity contribution in [2.75, 3.05) is 0 Å². The average molecular weight is 244 g/mol. The Morgan fingerprint density at radius 2 is 1.94 bits per heavy atom. The van der Waals surface area contributed by atoms with Crippen LogP contribution >= 0.6 is 0 Å². The minimum absolute atomic E-state index is 0.384. The molecule has 0 bridgehead atoms. The Labute approximate surface area is 106 Å². The maximum Gasteiger partial charge on any atom is 0.343 e. The summed E-state index contributed by atoms with van der Waals surface area (Å²) in [5.74, 6) is 0.138. The molecule has 1 aliphatic carbocycles. The third-order valence-corrected chi connectivity index (χ3v) is 2.77. The Balaban J connectivity index is 2.14. The van der Waals surface area contributed by atoms with E-state index < -0.39 is 5.66 Å². The molecule has 18 heavy (non-hydrogen) atoms. The standard InChI is InChI=1S/C14H16N2O2/c1-10-9-14(15,16)8-7-12(10)13(17)18-11-5-3-2-4-6-11/h2-8H,9,15-16H2,1H3. The van der Waals surface area contributed by atoms with Crippen molar-refractivity contribution < 1.29 is 9.53 Å². The number of carbonyl (C=O) groups is 1. The van der Waals surface area contributed by atoms with E-state index in [0.29, 0.717) is 17.7 Å². The van der Waals surface area contributed by atoms with Gasteiger partial charge in [0.15, 0.2) is 0 Å². The van der Waals surface area contributed by atoms with E-state index in [4.69, 9.17) is 16.2 Å². The lowest BCUT2D eigenvalue weighted by Gasteiger charge is -2.25. The molecular formula is C14H16N2O2. The van der Waals surface area contributed by atoms with Crippen molar-refractivity contribution in [2.24, 2.45) is 11.5 Å². The lowest BCUT2D eigenvalue weighted by molar-refractivity contribution is -0.129. The normalized spacial score (nSPS) is 17.7. The first-order valence-electron chi connectivity index (χ1n) is 5.72. The predicted molar refractivity (Wildman–Crippen MR) is 69.6 cm³/mol. The number of ether oxygens (including phenoxy) is 1. The smallest absolute Gasteiger partial charge is 0.343 e. The van der Waals surface area contributed by atoms with Crippen LogP contribution in [0.3, 0.4) is 0 Å². The summed E-state index contributed by atoms with van der Waals surface area (Å²) < 4.78 is 5.26. The molecule has 0 amide bonds. The van der Waals surface area contributed by atoms with Crippen molar-refractivity contribution >= 4 is 5.97 Å². The Bertz CT molecular complexity index is 516. The summed E-state index contributed by atoms with van der Waals surface area (Å²) in [6.45, 7) is 1.83. The van der Waals surface area contributed by atoms with Gasteiger partial charge in [-0.05, 0) is 31.2 Å². The minimum atomic E-state index is -0.874. The van der Waals surface area contributed by atoms with Gasteiger partial charge in [-0.15, -0.1) is 0 Å². The van der Waals surface area contributed by atoms with Crippen LogP contribution in [0.1, 0.15) is 13.3 Å². The maximum absolute atomic E-state index is 12.0. The lowest BCUT2D eigenvalue weighted by Crippen LogP contribution is -2.48. The summed E-state index contributed by atoms with van der Waals surface area (Å²) in [4.78, 5) is 12.0. The first kappa shape index (κ1) is 12.5. The van der Waals surface area contributed by atoms with Crippen molar-refractivity contribution in [1.29, 1.82) is 0 Å². The summed E-state index contributed by atoms with van der Waals surface area (Å²) >= 11 is 0. The molecular weight excluding hydrogens is 228 g/mol. The summed E-state index contributed by atoms with van der Waals surface area (Å²) in [6.07, 6.45) is 3.70. The van der Waals surface area contributed by atoms with E-state index in [9.17, 15) is 4.79 Å². The van der Waals surface area contributed by atoms with Crippen LogP contribution in [0.15, 0.2) is 53.6 Å². The van der Waals surface area contributed by atoms with Gasteiger partial charge in [-0.1, -0.05) is 23.8 Å². The summed E-state index contributed by atoms with van der Waals surface area (Å²) in [5, 5.41) is 0. The van der Waals surface area contributed by atoms with Gasteiger partial charge in [-0.2, -0.15) is 0 Å². The molecule has 4 nitrogen and oxygen atoms in total.